The van der Waals surface area contributed by atoms with Crippen molar-refractivity contribution < 1.29 is 19.8 Å². The number of carbonyl (C=O) groups is 2. The molecule has 0 saturated heterocycles. The van der Waals surface area contributed by atoms with Crippen LogP contribution in [0.3, 0.4) is 0 Å². The van der Waals surface area contributed by atoms with Crippen LogP contribution in [0.1, 0.15) is 97.3 Å². The zero-order chi connectivity index (χ0) is 16.8. The van der Waals surface area contributed by atoms with Crippen molar-refractivity contribution in [1.82, 2.24) is 0 Å². The van der Waals surface area contributed by atoms with E-state index in [1.54, 1.807) is 0 Å². The molecule has 0 saturated carbocycles. The topological polar surface area (TPSA) is 80.3 Å². The van der Waals surface area contributed by atoms with Gasteiger partial charge in [-0.3, -0.25) is 0 Å². The lowest BCUT2D eigenvalue weighted by atomic mass is 9.74. The van der Waals surface area contributed by atoms with Gasteiger partial charge in [0.15, 0.2) is 0 Å². The molecule has 0 radical (unpaired) electrons. The third kappa shape index (κ3) is 9.06. The Labute approximate surface area is 135 Å². The Hall–Kier alpha value is -1.06. The molecule has 0 bridgehead atoms. The molecule has 0 aromatic carbocycles. The summed E-state index contributed by atoms with van der Waals surface area (Å²) < 4.78 is 0. The quantitative estimate of drug-likeness (QED) is 0.435. The monoisotopic (exact) mass is 312 g/mol. The molecule has 0 rings (SSSR count). The fraction of sp³-hybridized carbons (Fsp3) is 0.889. The third-order valence-corrected chi connectivity index (χ3v) is 4.49. The van der Waals surface area contributed by atoms with E-state index >= 15 is 0 Å². The van der Waals surface area contributed by atoms with Gasteiger partial charge in [-0.15, -0.1) is 0 Å². The van der Waals surface area contributed by atoms with Crippen LogP contribution in [0.4, 0.5) is 0 Å². The molecule has 0 aliphatic heterocycles. The van der Waals surface area contributed by atoms with Crippen LogP contribution in [0.25, 0.3) is 0 Å². The molecule has 0 heterocycles. The van der Waals surface area contributed by atoms with Crippen LogP contribution in [0.15, 0.2) is 0 Å². The van der Waals surface area contributed by atoms with Crippen LogP contribution < -0.4 is 10.2 Å². The molecule has 0 aromatic rings. The summed E-state index contributed by atoms with van der Waals surface area (Å²) in [6, 6.07) is 0. The second kappa shape index (κ2) is 12.5. The van der Waals surface area contributed by atoms with Gasteiger partial charge < -0.3 is 19.8 Å². The number of carbonyl (C=O) groups excluding carboxylic acids is 2. The van der Waals surface area contributed by atoms with E-state index in [9.17, 15) is 19.8 Å². The van der Waals surface area contributed by atoms with Crippen molar-refractivity contribution in [3.8, 4) is 0 Å². The van der Waals surface area contributed by atoms with Gasteiger partial charge in [0, 0.05) is 17.4 Å². The average molecular weight is 312 g/mol. The molecule has 130 valence electrons. The Kier molecular flexibility index (Phi) is 11.9. The summed E-state index contributed by atoms with van der Waals surface area (Å²) in [4.78, 5) is 22.3. The second-order valence-electron chi connectivity index (χ2n) is 6.41. The number of carboxylic acids is 2. The first kappa shape index (κ1) is 20.9. The lowest BCUT2D eigenvalue weighted by Gasteiger charge is -2.35. The maximum Gasteiger partial charge on any atom is 0.0476 e. The van der Waals surface area contributed by atoms with Crippen molar-refractivity contribution >= 4 is 11.9 Å². The molecule has 4 heteroatoms. The number of aliphatic carboxylic acids is 2. The number of hydrogen-bond acceptors (Lipinski definition) is 4. The highest BCUT2D eigenvalue weighted by atomic mass is 16.4. The first-order valence-corrected chi connectivity index (χ1v) is 8.89. The van der Waals surface area contributed by atoms with Crippen LogP contribution in [-0.4, -0.2) is 11.9 Å². The number of rotatable bonds is 15. The minimum atomic E-state index is -1.11. The Morgan fingerprint density at radius 2 is 1.18 bits per heavy atom. The average Bonchev–Trinajstić information content (AvgIpc) is 2.46. The van der Waals surface area contributed by atoms with Crippen LogP contribution >= 0.6 is 0 Å². The highest BCUT2D eigenvalue weighted by molar-refractivity contribution is 5.72. The predicted octanol–water partition coefficient (Wildman–Crippen LogP) is 2.58. The molecular weight excluding hydrogens is 280 g/mol. The minimum absolute atomic E-state index is 0.0705. The maximum atomic E-state index is 11.8. The molecule has 0 unspecified atom stereocenters. The predicted molar refractivity (Wildman–Crippen MR) is 83.8 cm³/mol. The van der Waals surface area contributed by atoms with E-state index in [0.717, 1.165) is 51.4 Å². The summed E-state index contributed by atoms with van der Waals surface area (Å²) in [6.45, 7) is 4.24. The smallest absolute Gasteiger partial charge is 0.0476 e. The standard InChI is InChI=1S/C18H34O4/c1-3-5-7-9-13-18(17(21)22,14-10-8-6-4-2)15-11-12-16(19)20/h3-15H2,1-2H3,(H,19,20)(H,21,22)/p-2. The van der Waals surface area contributed by atoms with Crippen molar-refractivity contribution in [3.63, 3.8) is 0 Å². The summed E-state index contributed by atoms with van der Waals surface area (Å²) >= 11 is 0. The molecule has 0 N–H and O–H groups in total. The Morgan fingerprint density at radius 1 is 0.727 bits per heavy atom. The fourth-order valence-corrected chi connectivity index (χ4v) is 3.03. The lowest BCUT2D eigenvalue weighted by Crippen LogP contribution is -2.42. The Bertz CT molecular complexity index is 300. The summed E-state index contributed by atoms with van der Waals surface area (Å²) in [5.41, 5.74) is -0.850. The highest BCUT2D eigenvalue weighted by Crippen LogP contribution is 2.36. The molecule has 0 aromatic heterocycles. The minimum Gasteiger partial charge on any atom is -0.550 e. The van der Waals surface area contributed by atoms with E-state index in [2.05, 4.69) is 13.8 Å². The van der Waals surface area contributed by atoms with Crippen LogP contribution in [0, 0.1) is 5.41 Å². The van der Waals surface area contributed by atoms with Gasteiger partial charge in [0.25, 0.3) is 0 Å². The van der Waals surface area contributed by atoms with Crippen LogP contribution in [0.5, 0.6) is 0 Å². The van der Waals surface area contributed by atoms with E-state index in [0.29, 0.717) is 25.7 Å². The normalized spacial score (nSPS) is 11.5. The second-order valence-corrected chi connectivity index (χ2v) is 6.41. The van der Waals surface area contributed by atoms with Crippen molar-refractivity contribution in [3.05, 3.63) is 0 Å². The summed E-state index contributed by atoms with van der Waals surface area (Å²) in [6.07, 6.45) is 10.1. The maximum absolute atomic E-state index is 11.8. The van der Waals surface area contributed by atoms with E-state index in [-0.39, 0.29) is 6.42 Å². The van der Waals surface area contributed by atoms with Crippen molar-refractivity contribution in [1.29, 1.82) is 0 Å². The number of carboxylic acid groups (broad SMARTS) is 2. The molecule has 0 aliphatic rings. The first-order valence-electron chi connectivity index (χ1n) is 8.89. The van der Waals surface area contributed by atoms with Gasteiger partial charge in [-0.1, -0.05) is 65.2 Å². The largest absolute Gasteiger partial charge is 0.550 e. The van der Waals surface area contributed by atoms with Gasteiger partial charge in [0.05, 0.1) is 0 Å². The van der Waals surface area contributed by atoms with Crippen molar-refractivity contribution in [2.75, 3.05) is 0 Å². The zero-order valence-corrected chi connectivity index (χ0v) is 14.3. The molecule has 0 aliphatic carbocycles. The van der Waals surface area contributed by atoms with E-state index in [4.69, 9.17) is 0 Å². The van der Waals surface area contributed by atoms with Gasteiger partial charge in [0.2, 0.25) is 0 Å². The summed E-state index contributed by atoms with van der Waals surface area (Å²) in [5, 5.41) is 22.3. The van der Waals surface area contributed by atoms with Gasteiger partial charge >= 0.3 is 0 Å². The molecule has 4 nitrogen and oxygen atoms in total. The van der Waals surface area contributed by atoms with Crippen LogP contribution in [-0.2, 0) is 9.59 Å². The third-order valence-electron chi connectivity index (χ3n) is 4.49. The fourth-order valence-electron chi connectivity index (χ4n) is 3.03. The summed E-state index contributed by atoms with van der Waals surface area (Å²) in [5.74, 6) is -2.11. The van der Waals surface area contributed by atoms with Gasteiger partial charge in [-0.25, -0.2) is 0 Å². The Morgan fingerprint density at radius 3 is 1.55 bits per heavy atom. The Balaban J connectivity index is 4.61. The van der Waals surface area contributed by atoms with Gasteiger partial charge in [-0.2, -0.15) is 0 Å². The molecule has 0 spiro atoms. The zero-order valence-electron chi connectivity index (χ0n) is 14.3. The molecule has 0 atom stereocenters. The first-order chi connectivity index (χ1) is 10.5. The highest BCUT2D eigenvalue weighted by Gasteiger charge is 2.30. The molecular formula is C18H32O4-2. The van der Waals surface area contributed by atoms with Crippen molar-refractivity contribution in [2.24, 2.45) is 5.41 Å². The summed E-state index contributed by atoms with van der Waals surface area (Å²) in [7, 11) is 0. The van der Waals surface area contributed by atoms with Gasteiger partial charge in [-0.05, 0) is 32.1 Å². The van der Waals surface area contributed by atoms with E-state index in [1.165, 1.54) is 0 Å². The van der Waals surface area contributed by atoms with E-state index < -0.39 is 17.4 Å². The number of hydrogen-bond donors (Lipinski definition) is 0. The van der Waals surface area contributed by atoms with Crippen molar-refractivity contribution in [2.45, 2.75) is 97.3 Å². The number of unbranched alkanes of at least 4 members (excludes halogenated alkanes) is 6. The van der Waals surface area contributed by atoms with Gasteiger partial charge in [0.1, 0.15) is 0 Å². The molecule has 0 amide bonds. The van der Waals surface area contributed by atoms with E-state index in [1.807, 2.05) is 0 Å². The van der Waals surface area contributed by atoms with Crippen LogP contribution in [0.2, 0.25) is 0 Å². The molecule has 0 fully saturated rings. The molecule has 22 heavy (non-hydrogen) atoms. The SMILES string of the molecule is CCCCCCC(CCCCCC)(CCCC(=O)[O-])C(=O)[O-]. The lowest BCUT2D eigenvalue weighted by molar-refractivity contribution is -0.321.